The van der Waals surface area contributed by atoms with Crippen molar-refractivity contribution in [2.45, 2.75) is 70.4 Å². The van der Waals surface area contributed by atoms with Gasteiger partial charge in [-0.3, -0.25) is 29.4 Å². The van der Waals surface area contributed by atoms with E-state index in [1.807, 2.05) is 49.4 Å². The summed E-state index contributed by atoms with van der Waals surface area (Å²) >= 11 is 0. The predicted molar refractivity (Wildman–Crippen MR) is 179 cm³/mol. The number of nitrogens with one attached hydrogen (secondary N) is 5. The van der Waals surface area contributed by atoms with Crippen molar-refractivity contribution < 1.29 is 14.4 Å². The lowest BCUT2D eigenvalue weighted by Crippen LogP contribution is -2.48. The minimum Gasteiger partial charge on any atom is -0.349 e. The number of amides is 3. The van der Waals surface area contributed by atoms with Crippen molar-refractivity contribution in [1.29, 1.82) is 0 Å². The molecular formula is C36H42N6O4. The van der Waals surface area contributed by atoms with E-state index < -0.39 is 6.04 Å². The average molecular weight is 623 g/mol. The van der Waals surface area contributed by atoms with Crippen LogP contribution in [-0.2, 0) is 16.0 Å². The molecule has 1 atom stereocenters. The van der Waals surface area contributed by atoms with Gasteiger partial charge in [-0.2, -0.15) is 0 Å². The zero-order chi connectivity index (χ0) is 32.2. The average Bonchev–Trinajstić information content (AvgIpc) is 3.42. The van der Waals surface area contributed by atoms with Gasteiger partial charge < -0.3 is 21.7 Å². The Hall–Kier alpha value is -4.70. The van der Waals surface area contributed by atoms with E-state index in [2.05, 4.69) is 26.1 Å². The molecule has 0 saturated heterocycles. The van der Waals surface area contributed by atoms with Crippen LogP contribution in [0.1, 0.15) is 66.4 Å². The van der Waals surface area contributed by atoms with Crippen LogP contribution in [0.5, 0.6) is 0 Å². The molecule has 2 fully saturated rings. The molecule has 2 aliphatic rings. The number of H-pyrrole nitrogens is 2. The first-order valence-corrected chi connectivity index (χ1v) is 16.3. The van der Waals surface area contributed by atoms with Gasteiger partial charge in [0.25, 0.3) is 11.5 Å². The summed E-state index contributed by atoms with van der Waals surface area (Å²) in [5.41, 5.74) is 11.3. The van der Waals surface area contributed by atoms with Crippen LogP contribution in [0.2, 0.25) is 0 Å². The topological polar surface area (TPSA) is 162 Å². The molecule has 0 spiro atoms. The third-order valence-corrected chi connectivity index (χ3v) is 9.66. The van der Waals surface area contributed by atoms with Crippen LogP contribution >= 0.6 is 0 Å². The minimum absolute atomic E-state index is 0.0326. The fourth-order valence-corrected chi connectivity index (χ4v) is 6.51. The van der Waals surface area contributed by atoms with E-state index in [9.17, 15) is 19.2 Å². The molecule has 0 bridgehead atoms. The Labute approximate surface area is 267 Å². The number of carbonyl (C=O) groups is 3. The smallest absolute Gasteiger partial charge is 0.271 e. The SMILES string of the molecule is Cc1cc(C(=O)NC2CCC2)ccc1-c1ccc(C[C@H](NC(=O)[C@H]2CC[C@H](CN)CC2)C(=O)Nc2ccc3c(=O)[nH][nH]c3c2)cc1. The summed E-state index contributed by atoms with van der Waals surface area (Å²) in [6.07, 6.45) is 6.90. The maximum atomic E-state index is 13.6. The standard InChI is InChI=1S/C36H42N6O4/c1-21-17-26(34(44)38-27-3-2-4-27)13-15-29(21)24-9-5-22(6-10-24)18-32(40-33(43)25-11-7-23(20-37)8-12-25)36(46)39-28-14-16-30-31(19-28)41-42-35(30)45/h5-6,9-10,13-17,19,23,25,27,32H,2-4,7-8,11-12,18,20,37H2,1H3,(H,38,44)(H,39,46)(H,40,43)(H2,41,42,45)/t23-,25-,32-/m0/s1. The molecule has 0 unspecified atom stereocenters. The van der Waals surface area contributed by atoms with Crippen molar-refractivity contribution in [2.75, 3.05) is 11.9 Å². The summed E-state index contributed by atoms with van der Waals surface area (Å²) in [6.45, 7) is 2.63. The van der Waals surface area contributed by atoms with Gasteiger partial charge in [0.15, 0.2) is 0 Å². The Morgan fingerprint density at radius 3 is 2.35 bits per heavy atom. The Morgan fingerprint density at radius 2 is 1.67 bits per heavy atom. The number of hydrogen-bond acceptors (Lipinski definition) is 5. The quantitative estimate of drug-likeness (QED) is 0.153. The van der Waals surface area contributed by atoms with Crippen LogP contribution in [0.4, 0.5) is 5.69 Å². The molecule has 2 saturated carbocycles. The Bertz CT molecular complexity index is 1780. The molecule has 3 amide bonds. The van der Waals surface area contributed by atoms with Gasteiger partial charge in [0.05, 0.1) is 10.9 Å². The second-order valence-corrected chi connectivity index (χ2v) is 12.9. The van der Waals surface area contributed by atoms with Crippen LogP contribution in [0.3, 0.4) is 0 Å². The van der Waals surface area contributed by atoms with Crippen LogP contribution in [0, 0.1) is 18.8 Å². The van der Waals surface area contributed by atoms with Crippen LogP contribution in [-0.4, -0.2) is 46.5 Å². The van der Waals surface area contributed by atoms with Crippen molar-refractivity contribution >= 4 is 34.3 Å². The van der Waals surface area contributed by atoms with E-state index in [0.29, 0.717) is 41.0 Å². The van der Waals surface area contributed by atoms with Crippen molar-refractivity contribution in [3.63, 3.8) is 0 Å². The largest absolute Gasteiger partial charge is 0.349 e. The number of carbonyl (C=O) groups excluding carboxylic acids is 3. The van der Waals surface area contributed by atoms with E-state index in [-0.39, 0.29) is 35.2 Å². The first-order valence-electron chi connectivity index (χ1n) is 16.3. The number of benzene rings is 3. The van der Waals surface area contributed by atoms with Gasteiger partial charge in [-0.15, -0.1) is 0 Å². The fraction of sp³-hybridized carbons (Fsp3) is 0.389. The molecule has 10 heteroatoms. The van der Waals surface area contributed by atoms with Crippen LogP contribution < -0.4 is 27.2 Å². The van der Waals surface area contributed by atoms with Gasteiger partial charge in [0, 0.05) is 29.6 Å². The van der Waals surface area contributed by atoms with Gasteiger partial charge in [0.2, 0.25) is 11.8 Å². The van der Waals surface area contributed by atoms with E-state index in [1.165, 1.54) is 6.42 Å². The predicted octanol–water partition coefficient (Wildman–Crippen LogP) is 4.55. The van der Waals surface area contributed by atoms with Gasteiger partial charge >= 0.3 is 0 Å². The molecule has 0 aliphatic heterocycles. The molecule has 2 aliphatic carbocycles. The second-order valence-electron chi connectivity index (χ2n) is 12.9. The number of aromatic nitrogens is 2. The van der Waals surface area contributed by atoms with Crippen molar-refractivity contribution in [2.24, 2.45) is 17.6 Å². The van der Waals surface area contributed by atoms with Gasteiger partial charge in [-0.25, -0.2) is 0 Å². The molecule has 240 valence electrons. The number of nitrogens with two attached hydrogens (primary N) is 1. The molecule has 3 aromatic carbocycles. The molecule has 6 rings (SSSR count). The first-order chi connectivity index (χ1) is 22.3. The number of hydrogen-bond donors (Lipinski definition) is 6. The van der Waals surface area contributed by atoms with Crippen LogP contribution in [0.25, 0.3) is 22.0 Å². The number of aryl methyl sites for hydroxylation is 1. The van der Waals surface area contributed by atoms with Gasteiger partial charge in [0.1, 0.15) is 6.04 Å². The van der Waals surface area contributed by atoms with E-state index in [4.69, 9.17) is 5.73 Å². The Kier molecular flexibility index (Phi) is 9.35. The zero-order valence-corrected chi connectivity index (χ0v) is 26.2. The first kappa shape index (κ1) is 31.3. The number of anilines is 1. The molecular weight excluding hydrogens is 580 g/mol. The van der Waals surface area contributed by atoms with Gasteiger partial charge in [-0.1, -0.05) is 30.3 Å². The monoisotopic (exact) mass is 622 g/mol. The van der Waals surface area contributed by atoms with E-state index in [0.717, 1.165) is 60.8 Å². The summed E-state index contributed by atoms with van der Waals surface area (Å²) in [5, 5.41) is 14.9. The normalized spacial score (nSPS) is 18.8. The van der Waals surface area contributed by atoms with E-state index >= 15 is 0 Å². The summed E-state index contributed by atoms with van der Waals surface area (Å²) < 4.78 is 0. The highest BCUT2D eigenvalue weighted by Gasteiger charge is 2.29. The third-order valence-electron chi connectivity index (χ3n) is 9.66. The van der Waals surface area contributed by atoms with Crippen molar-refractivity contribution in [3.8, 4) is 11.1 Å². The summed E-state index contributed by atoms with van der Waals surface area (Å²) in [6, 6.07) is 18.2. The molecule has 0 radical (unpaired) electrons. The molecule has 1 heterocycles. The Morgan fingerprint density at radius 1 is 0.913 bits per heavy atom. The van der Waals surface area contributed by atoms with Crippen molar-refractivity contribution in [3.05, 3.63) is 87.7 Å². The van der Waals surface area contributed by atoms with Crippen LogP contribution in [0.15, 0.2) is 65.5 Å². The number of fused-ring (bicyclic) bond motifs is 1. The summed E-state index contributed by atoms with van der Waals surface area (Å²) in [5.74, 6) is -0.189. The van der Waals surface area contributed by atoms with E-state index in [1.54, 1.807) is 18.2 Å². The fourth-order valence-electron chi connectivity index (χ4n) is 6.51. The molecule has 46 heavy (non-hydrogen) atoms. The zero-order valence-electron chi connectivity index (χ0n) is 26.2. The highest BCUT2D eigenvalue weighted by molar-refractivity contribution is 5.99. The molecule has 7 N–H and O–H groups in total. The third kappa shape index (κ3) is 7.07. The summed E-state index contributed by atoms with van der Waals surface area (Å²) in [7, 11) is 0. The lowest BCUT2D eigenvalue weighted by Gasteiger charge is -2.28. The lowest BCUT2D eigenvalue weighted by atomic mass is 9.81. The molecule has 4 aromatic rings. The van der Waals surface area contributed by atoms with Gasteiger partial charge in [-0.05, 0) is 117 Å². The van der Waals surface area contributed by atoms with Crippen molar-refractivity contribution in [1.82, 2.24) is 20.8 Å². The maximum Gasteiger partial charge on any atom is 0.271 e. The lowest BCUT2D eigenvalue weighted by molar-refractivity contribution is -0.130. The minimum atomic E-state index is -0.804. The maximum absolute atomic E-state index is 13.6. The number of aromatic amines is 2. The summed E-state index contributed by atoms with van der Waals surface area (Å²) in [4.78, 5) is 51.5. The molecule has 1 aromatic heterocycles. The highest BCUT2D eigenvalue weighted by Crippen LogP contribution is 2.29. The Balaban J connectivity index is 1.17. The molecule has 10 nitrogen and oxygen atoms in total. The second kappa shape index (κ2) is 13.7. The number of rotatable bonds is 10. The highest BCUT2D eigenvalue weighted by atomic mass is 16.2.